The van der Waals surface area contributed by atoms with Crippen LogP contribution in [0.25, 0.3) is 0 Å². The molecule has 0 amide bonds. The van der Waals surface area contributed by atoms with Crippen molar-refractivity contribution in [2.75, 3.05) is 13.2 Å². The van der Waals surface area contributed by atoms with E-state index in [9.17, 15) is 14.4 Å². The Hall–Kier alpha value is -1.59. The summed E-state index contributed by atoms with van der Waals surface area (Å²) in [6, 6.07) is 0. The molecule has 0 saturated carbocycles. The third-order valence-electron chi connectivity index (χ3n) is 9.08. The molecule has 0 aliphatic heterocycles. The van der Waals surface area contributed by atoms with Gasteiger partial charge < -0.3 is 14.2 Å². The summed E-state index contributed by atoms with van der Waals surface area (Å²) in [5.74, 6) is 0.747. The molecule has 0 saturated heterocycles. The molecule has 0 radical (unpaired) electrons. The molecule has 0 spiro atoms. The van der Waals surface area contributed by atoms with Gasteiger partial charge in [-0.15, -0.1) is 0 Å². The molecule has 0 aliphatic rings. The molecule has 0 aromatic carbocycles. The highest BCUT2D eigenvalue weighted by molar-refractivity contribution is 5.71. The van der Waals surface area contributed by atoms with Crippen molar-refractivity contribution in [3.63, 3.8) is 0 Å². The summed E-state index contributed by atoms with van der Waals surface area (Å²) in [7, 11) is 0. The molecular weight excluding hydrogens is 576 g/mol. The van der Waals surface area contributed by atoms with E-state index in [0.717, 1.165) is 76.0 Å². The normalized spacial score (nSPS) is 12.7. The first kappa shape index (κ1) is 44.4. The Kier molecular flexibility index (Phi) is 32.2. The van der Waals surface area contributed by atoms with Crippen LogP contribution in [0.1, 0.15) is 208 Å². The molecule has 0 aromatic heterocycles. The Labute approximate surface area is 285 Å². The van der Waals surface area contributed by atoms with Crippen LogP contribution in [-0.2, 0) is 28.6 Å². The lowest BCUT2D eigenvalue weighted by Crippen LogP contribution is -2.30. The number of hydrogen-bond acceptors (Lipinski definition) is 6. The Balaban J connectivity index is 4.26. The highest BCUT2D eigenvalue weighted by Crippen LogP contribution is 2.16. The highest BCUT2D eigenvalue weighted by atomic mass is 16.6. The summed E-state index contributed by atoms with van der Waals surface area (Å²) in [6.45, 7) is 11.2. The lowest BCUT2D eigenvalue weighted by molar-refractivity contribution is -0.167. The average Bonchev–Trinajstić information content (AvgIpc) is 3.03. The maximum Gasteiger partial charge on any atom is 0.306 e. The van der Waals surface area contributed by atoms with Crippen molar-refractivity contribution < 1.29 is 28.6 Å². The highest BCUT2D eigenvalue weighted by Gasteiger charge is 2.19. The van der Waals surface area contributed by atoms with Gasteiger partial charge in [0.25, 0.3) is 0 Å². The molecule has 46 heavy (non-hydrogen) atoms. The van der Waals surface area contributed by atoms with E-state index in [0.29, 0.717) is 19.3 Å². The molecule has 0 rings (SSSR count). The lowest BCUT2D eigenvalue weighted by atomic mass is 9.99. The minimum absolute atomic E-state index is 0.0683. The zero-order valence-electron chi connectivity index (χ0n) is 31.2. The van der Waals surface area contributed by atoms with Crippen molar-refractivity contribution in [3.05, 3.63) is 0 Å². The van der Waals surface area contributed by atoms with E-state index in [-0.39, 0.29) is 31.1 Å². The van der Waals surface area contributed by atoms with Gasteiger partial charge in [-0.25, -0.2) is 0 Å². The number of carbonyl (C=O) groups excluding carboxylic acids is 3. The van der Waals surface area contributed by atoms with Gasteiger partial charge in [0.2, 0.25) is 0 Å². The summed E-state index contributed by atoms with van der Waals surface area (Å²) >= 11 is 0. The Morgan fingerprint density at radius 3 is 1.24 bits per heavy atom. The maximum atomic E-state index is 12.6. The molecule has 6 nitrogen and oxygen atoms in total. The number of rotatable bonds is 34. The third-order valence-corrected chi connectivity index (χ3v) is 9.08. The molecule has 0 bridgehead atoms. The Bertz CT molecular complexity index is 706. The van der Waals surface area contributed by atoms with Crippen molar-refractivity contribution in [2.45, 2.75) is 214 Å². The molecule has 0 N–H and O–H groups in total. The van der Waals surface area contributed by atoms with Crippen LogP contribution in [0.3, 0.4) is 0 Å². The monoisotopic (exact) mass is 653 g/mol. The van der Waals surface area contributed by atoms with E-state index in [1.54, 1.807) is 0 Å². The van der Waals surface area contributed by atoms with Gasteiger partial charge in [-0.05, 0) is 31.1 Å². The number of carbonyl (C=O) groups is 3. The quantitative estimate of drug-likeness (QED) is 0.0391. The summed E-state index contributed by atoms with van der Waals surface area (Å²) in [5, 5.41) is 0. The van der Waals surface area contributed by atoms with Crippen LogP contribution in [0, 0.1) is 11.8 Å². The first-order valence-electron chi connectivity index (χ1n) is 19.8. The predicted molar refractivity (Wildman–Crippen MR) is 192 cm³/mol. The Morgan fingerprint density at radius 2 is 0.826 bits per heavy atom. The fourth-order valence-corrected chi connectivity index (χ4v) is 5.66. The molecule has 0 aromatic rings. The maximum absolute atomic E-state index is 12.6. The van der Waals surface area contributed by atoms with Crippen LogP contribution >= 0.6 is 0 Å². The van der Waals surface area contributed by atoms with Crippen LogP contribution in [0.2, 0.25) is 0 Å². The van der Waals surface area contributed by atoms with E-state index in [1.165, 1.54) is 89.9 Å². The van der Waals surface area contributed by atoms with Crippen LogP contribution in [0.4, 0.5) is 0 Å². The molecule has 272 valence electrons. The summed E-state index contributed by atoms with van der Waals surface area (Å²) in [5.41, 5.74) is 0. The first-order valence-corrected chi connectivity index (χ1v) is 19.8. The molecular formula is C40H76O6. The van der Waals surface area contributed by atoms with Crippen LogP contribution in [0.15, 0.2) is 0 Å². The van der Waals surface area contributed by atoms with Crippen molar-refractivity contribution in [2.24, 2.45) is 11.8 Å². The standard InChI is InChI=1S/C40H76O6/c1-6-8-9-18-25-30-38(41)44-33-37(34-45-39(42)31-26-21-17-16-19-23-28-35(3)4)46-40(43)32-27-22-15-13-11-10-12-14-20-24-29-36(5)7-2/h35-37H,6-34H2,1-5H3/t36?,37-/m0/s1. The zero-order chi connectivity index (χ0) is 34.1. The Morgan fingerprint density at radius 1 is 0.457 bits per heavy atom. The van der Waals surface area contributed by atoms with Crippen LogP contribution < -0.4 is 0 Å². The van der Waals surface area contributed by atoms with E-state index in [1.807, 2.05) is 0 Å². The van der Waals surface area contributed by atoms with Crippen molar-refractivity contribution in [1.29, 1.82) is 0 Å². The topological polar surface area (TPSA) is 78.9 Å². The van der Waals surface area contributed by atoms with E-state index >= 15 is 0 Å². The largest absolute Gasteiger partial charge is 0.462 e. The molecule has 1 unspecified atom stereocenters. The minimum atomic E-state index is -0.758. The molecule has 6 heteroatoms. The zero-order valence-corrected chi connectivity index (χ0v) is 31.2. The summed E-state index contributed by atoms with van der Waals surface area (Å²) in [4.78, 5) is 37.2. The lowest BCUT2D eigenvalue weighted by Gasteiger charge is -2.18. The smallest absolute Gasteiger partial charge is 0.306 e. The SMILES string of the molecule is CCCCCCCC(=O)OC[C@@H](COC(=O)CCCCCCCCC(C)C)OC(=O)CCCCCCCCCCCCC(C)CC. The van der Waals surface area contributed by atoms with Crippen molar-refractivity contribution in [1.82, 2.24) is 0 Å². The molecule has 2 atom stereocenters. The molecule has 0 aliphatic carbocycles. The van der Waals surface area contributed by atoms with E-state index in [2.05, 4.69) is 34.6 Å². The second-order valence-electron chi connectivity index (χ2n) is 14.3. The number of unbranched alkanes of at least 4 members (excludes halogenated alkanes) is 18. The number of esters is 3. The average molecular weight is 653 g/mol. The van der Waals surface area contributed by atoms with Crippen LogP contribution in [0.5, 0.6) is 0 Å². The number of hydrogen-bond donors (Lipinski definition) is 0. The van der Waals surface area contributed by atoms with Gasteiger partial charge >= 0.3 is 17.9 Å². The second-order valence-corrected chi connectivity index (χ2v) is 14.3. The van der Waals surface area contributed by atoms with E-state index in [4.69, 9.17) is 14.2 Å². The first-order chi connectivity index (χ1) is 22.3. The number of ether oxygens (including phenoxy) is 3. The molecule has 0 fully saturated rings. The van der Waals surface area contributed by atoms with Gasteiger partial charge in [0.1, 0.15) is 13.2 Å². The predicted octanol–water partition coefficient (Wildman–Crippen LogP) is 11.8. The van der Waals surface area contributed by atoms with Crippen molar-refractivity contribution >= 4 is 17.9 Å². The molecule has 0 heterocycles. The van der Waals surface area contributed by atoms with Gasteiger partial charge in [-0.3, -0.25) is 14.4 Å². The van der Waals surface area contributed by atoms with Gasteiger partial charge in [-0.1, -0.05) is 169 Å². The van der Waals surface area contributed by atoms with Gasteiger partial charge in [0.15, 0.2) is 6.10 Å². The van der Waals surface area contributed by atoms with Gasteiger partial charge in [-0.2, -0.15) is 0 Å². The second kappa shape index (κ2) is 33.3. The summed E-state index contributed by atoms with van der Waals surface area (Å²) < 4.78 is 16.5. The van der Waals surface area contributed by atoms with Crippen LogP contribution in [-0.4, -0.2) is 37.2 Å². The summed E-state index contributed by atoms with van der Waals surface area (Å²) in [6.07, 6.45) is 28.4. The fraction of sp³-hybridized carbons (Fsp3) is 0.925. The fourth-order valence-electron chi connectivity index (χ4n) is 5.66. The van der Waals surface area contributed by atoms with E-state index < -0.39 is 6.10 Å². The van der Waals surface area contributed by atoms with Gasteiger partial charge in [0.05, 0.1) is 0 Å². The van der Waals surface area contributed by atoms with Crippen molar-refractivity contribution in [3.8, 4) is 0 Å². The van der Waals surface area contributed by atoms with Gasteiger partial charge in [0, 0.05) is 19.3 Å². The minimum Gasteiger partial charge on any atom is -0.462 e. The third kappa shape index (κ3) is 32.4.